The molecule has 0 aliphatic heterocycles. The first-order valence-corrected chi connectivity index (χ1v) is 25.2. The van der Waals surface area contributed by atoms with Crippen molar-refractivity contribution in [3.05, 3.63) is 0 Å². The van der Waals surface area contributed by atoms with Gasteiger partial charge in [0.15, 0.2) is 6.10 Å². The van der Waals surface area contributed by atoms with Gasteiger partial charge in [-0.15, -0.1) is 0 Å². The van der Waals surface area contributed by atoms with Gasteiger partial charge in [-0.2, -0.15) is 0 Å². The zero-order valence-electron chi connectivity index (χ0n) is 39.1. The first-order valence-electron chi connectivity index (χ1n) is 25.2. The number of hydrogen-bond acceptors (Lipinski definition) is 6. The minimum absolute atomic E-state index is 0.0655. The molecule has 2 unspecified atom stereocenters. The number of carbonyl (C=O) groups excluding carboxylic acids is 3. The van der Waals surface area contributed by atoms with Crippen LogP contribution in [0.1, 0.15) is 273 Å². The van der Waals surface area contributed by atoms with Gasteiger partial charge in [-0.3, -0.25) is 14.4 Å². The van der Waals surface area contributed by atoms with E-state index in [2.05, 4.69) is 41.5 Å². The predicted molar refractivity (Wildman–Crippen MR) is 243 cm³/mol. The first-order chi connectivity index (χ1) is 27.7. The monoisotopic (exact) mass is 807 g/mol. The fraction of sp³-hybridized carbons (Fsp3) is 0.941. The molecule has 0 radical (unpaired) electrons. The summed E-state index contributed by atoms with van der Waals surface area (Å²) in [4.78, 5) is 37.9. The minimum atomic E-state index is -0.763. The molecule has 0 bridgehead atoms. The van der Waals surface area contributed by atoms with Crippen molar-refractivity contribution in [2.24, 2.45) is 17.8 Å². The molecule has 0 aromatic rings. The van der Waals surface area contributed by atoms with E-state index in [0.717, 1.165) is 75.5 Å². The second-order valence-corrected chi connectivity index (χ2v) is 18.4. The zero-order valence-corrected chi connectivity index (χ0v) is 39.1. The summed E-state index contributed by atoms with van der Waals surface area (Å²) in [6.45, 7) is 13.7. The molecule has 0 aliphatic rings. The van der Waals surface area contributed by atoms with Crippen LogP contribution in [0, 0.1) is 17.8 Å². The Morgan fingerprint density at radius 3 is 0.912 bits per heavy atom. The summed E-state index contributed by atoms with van der Waals surface area (Å²) in [6, 6.07) is 0. The van der Waals surface area contributed by atoms with Crippen molar-refractivity contribution in [1.29, 1.82) is 0 Å². The molecule has 3 atom stereocenters. The minimum Gasteiger partial charge on any atom is -0.462 e. The van der Waals surface area contributed by atoms with Crippen LogP contribution in [0.4, 0.5) is 0 Å². The van der Waals surface area contributed by atoms with Crippen LogP contribution in [0.25, 0.3) is 0 Å². The van der Waals surface area contributed by atoms with Crippen LogP contribution >= 0.6 is 0 Å². The van der Waals surface area contributed by atoms with E-state index in [1.54, 1.807) is 0 Å². The largest absolute Gasteiger partial charge is 0.462 e. The lowest BCUT2D eigenvalue weighted by Gasteiger charge is -2.18. The SMILES string of the molecule is CCC(C)CCCCCCCCCCCCC(=O)OC[C@H](COC(=O)CCCCCCCCCCC(C)C)OC(=O)CCCCCCCCCCCCC(C)CC. The second-order valence-electron chi connectivity index (χ2n) is 18.4. The van der Waals surface area contributed by atoms with E-state index < -0.39 is 6.10 Å². The summed E-state index contributed by atoms with van der Waals surface area (Å²) in [5, 5.41) is 0. The molecule has 0 aliphatic carbocycles. The molecule has 0 N–H and O–H groups in total. The first kappa shape index (κ1) is 55.4. The average Bonchev–Trinajstić information content (AvgIpc) is 3.19. The number of unbranched alkanes of at least 4 members (excludes halogenated alkanes) is 25. The lowest BCUT2D eigenvalue weighted by atomic mass is 9.99. The lowest BCUT2D eigenvalue weighted by molar-refractivity contribution is -0.167. The van der Waals surface area contributed by atoms with E-state index in [4.69, 9.17) is 14.2 Å². The Labute approximate surface area is 355 Å². The normalized spacial score (nSPS) is 13.1. The molecule has 0 aromatic carbocycles. The van der Waals surface area contributed by atoms with E-state index in [1.165, 1.54) is 154 Å². The number of esters is 3. The Bertz CT molecular complexity index is 887. The summed E-state index contributed by atoms with van der Waals surface area (Å²) >= 11 is 0. The maximum Gasteiger partial charge on any atom is 0.306 e. The molecule has 57 heavy (non-hydrogen) atoms. The lowest BCUT2D eigenvalue weighted by Crippen LogP contribution is -2.30. The summed E-state index contributed by atoms with van der Waals surface area (Å²) in [5.41, 5.74) is 0. The number of rotatable bonds is 44. The third kappa shape index (κ3) is 42.3. The maximum atomic E-state index is 12.8. The van der Waals surface area contributed by atoms with Gasteiger partial charge in [-0.1, -0.05) is 234 Å². The molecular weight excluding hydrogens is 709 g/mol. The molecule has 0 fully saturated rings. The van der Waals surface area contributed by atoms with E-state index in [-0.39, 0.29) is 31.1 Å². The quantitative estimate of drug-likeness (QED) is 0.0347. The topological polar surface area (TPSA) is 78.9 Å². The number of hydrogen-bond donors (Lipinski definition) is 0. The molecule has 0 saturated carbocycles. The van der Waals surface area contributed by atoms with Crippen molar-refractivity contribution in [2.75, 3.05) is 13.2 Å². The van der Waals surface area contributed by atoms with Gasteiger partial charge in [0.05, 0.1) is 0 Å². The van der Waals surface area contributed by atoms with Crippen molar-refractivity contribution in [1.82, 2.24) is 0 Å². The summed E-state index contributed by atoms with van der Waals surface area (Å²) in [6.07, 6.45) is 40.8. The van der Waals surface area contributed by atoms with Crippen LogP contribution in [0.5, 0.6) is 0 Å². The average molecular weight is 807 g/mol. The highest BCUT2D eigenvalue weighted by molar-refractivity contribution is 5.71. The molecule has 0 rings (SSSR count). The van der Waals surface area contributed by atoms with Gasteiger partial charge in [0, 0.05) is 19.3 Å². The highest BCUT2D eigenvalue weighted by Gasteiger charge is 2.19. The Kier molecular flexibility index (Phi) is 41.3. The van der Waals surface area contributed by atoms with Gasteiger partial charge in [-0.25, -0.2) is 0 Å². The molecule has 0 aromatic heterocycles. The standard InChI is InChI=1S/C51H98O6/c1-7-46(5)38-32-26-20-13-9-11-15-22-28-34-40-49(52)55-43-48(44-56-50(53)41-35-29-23-18-17-19-25-31-37-45(3)4)57-51(54)42-36-30-24-16-12-10-14-21-27-33-39-47(6)8-2/h45-48H,7-44H2,1-6H3/t46?,47?,48-/m1/s1. The van der Waals surface area contributed by atoms with Gasteiger partial charge in [0.1, 0.15) is 13.2 Å². The highest BCUT2D eigenvalue weighted by Crippen LogP contribution is 2.18. The van der Waals surface area contributed by atoms with Crippen LogP contribution in [0.2, 0.25) is 0 Å². The molecule has 6 heteroatoms. The van der Waals surface area contributed by atoms with Gasteiger partial charge >= 0.3 is 17.9 Å². The molecule has 0 saturated heterocycles. The molecular formula is C51H98O6. The maximum absolute atomic E-state index is 12.8. The van der Waals surface area contributed by atoms with E-state index >= 15 is 0 Å². The third-order valence-electron chi connectivity index (χ3n) is 12.1. The number of carbonyl (C=O) groups is 3. The highest BCUT2D eigenvalue weighted by atomic mass is 16.6. The van der Waals surface area contributed by atoms with Crippen LogP contribution in [-0.4, -0.2) is 37.2 Å². The zero-order chi connectivity index (χ0) is 42.0. The van der Waals surface area contributed by atoms with Gasteiger partial charge in [0.25, 0.3) is 0 Å². The van der Waals surface area contributed by atoms with Crippen molar-refractivity contribution in [3.63, 3.8) is 0 Å². The Morgan fingerprint density at radius 2 is 0.614 bits per heavy atom. The molecule has 0 spiro atoms. The van der Waals surface area contributed by atoms with Gasteiger partial charge in [-0.05, 0) is 37.0 Å². The van der Waals surface area contributed by atoms with Crippen molar-refractivity contribution >= 4 is 17.9 Å². The Hall–Kier alpha value is -1.59. The van der Waals surface area contributed by atoms with Gasteiger partial charge < -0.3 is 14.2 Å². The van der Waals surface area contributed by atoms with Crippen LogP contribution in [0.3, 0.4) is 0 Å². The molecule has 6 nitrogen and oxygen atoms in total. The predicted octanol–water partition coefficient (Wildman–Crippen LogP) is 16.0. The number of ether oxygens (including phenoxy) is 3. The fourth-order valence-corrected chi connectivity index (χ4v) is 7.52. The van der Waals surface area contributed by atoms with E-state index in [9.17, 15) is 14.4 Å². The van der Waals surface area contributed by atoms with Crippen LogP contribution in [0.15, 0.2) is 0 Å². The van der Waals surface area contributed by atoms with E-state index in [1.807, 2.05) is 0 Å². The summed E-state index contributed by atoms with van der Waals surface area (Å²) < 4.78 is 16.8. The van der Waals surface area contributed by atoms with Crippen LogP contribution in [-0.2, 0) is 28.6 Å². The molecule has 0 amide bonds. The molecule has 0 heterocycles. The van der Waals surface area contributed by atoms with Crippen molar-refractivity contribution in [2.45, 2.75) is 279 Å². The van der Waals surface area contributed by atoms with E-state index in [0.29, 0.717) is 19.3 Å². The Balaban J connectivity index is 4.34. The van der Waals surface area contributed by atoms with Crippen LogP contribution < -0.4 is 0 Å². The van der Waals surface area contributed by atoms with Crippen molar-refractivity contribution in [3.8, 4) is 0 Å². The summed E-state index contributed by atoms with van der Waals surface area (Å²) in [7, 11) is 0. The Morgan fingerprint density at radius 1 is 0.351 bits per heavy atom. The van der Waals surface area contributed by atoms with Gasteiger partial charge in [0.2, 0.25) is 0 Å². The second kappa shape index (κ2) is 42.5. The summed E-state index contributed by atoms with van der Waals surface area (Å²) in [5.74, 6) is 1.68. The van der Waals surface area contributed by atoms with Crippen molar-refractivity contribution < 1.29 is 28.6 Å². The fourth-order valence-electron chi connectivity index (χ4n) is 7.52. The molecule has 338 valence electrons. The third-order valence-corrected chi connectivity index (χ3v) is 12.1. The smallest absolute Gasteiger partial charge is 0.306 e.